The molecule has 9 nitrogen and oxygen atoms in total. The molecule has 1 fully saturated rings. The number of ether oxygens (including phenoxy) is 1. The highest BCUT2D eigenvalue weighted by atomic mass is 32.1. The number of aromatic nitrogens is 3. The highest BCUT2D eigenvalue weighted by molar-refractivity contribution is 7.17. The monoisotopic (exact) mass is 574 g/mol. The zero-order valence-corrected chi connectivity index (χ0v) is 23.9. The third-order valence-electron chi connectivity index (χ3n) is 6.90. The number of pyridine rings is 1. The molecule has 0 spiro atoms. The molecular weight excluding hydrogens is 543 g/mol. The largest absolute Gasteiger partial charge is 0.457 e. The van der Waals surface area contributed by atoms with Crippen molar-refractivity contribution in [3.05, 3.63) is 72.3 Å². The number of hydrogen-bond acceptors (Lipinski definition) is 8. The first-order valence-corrected chi connectivity index (χ1v) is 14.2. The van der Waals surface area contributed by atoms with Gasteiger partial charge >= 0.3 is 0 Å². The van der Waals surface area contributed by atoms with Gasteiger partial charge in [-0.2, -0.15) is 0 Å². The Morgan fingerprint density at radius 2 is 1.88 bits per heavy atom. The lowest BCUT2D eigenvalue weighted by atomic mass is 9.89. The number of piperidine rings is 1. The standard InChI is InChI=1S/C30H31FN6O3S/c1-5-25(38)37-12-9-18(10-13-37)21-16-41-28-26(21)27(33-17-34-28)35-23-7-6-19(14-22(23)31)40-20-8-11-32-24(15-20)36-29(39)30(2,3)4/h5-8,11,14-18H,1,9-10,12-13H2,2-4H3,(H,32,36,39)(H,33,34,35). The zero-order valence-electron chi connectivity index (χ0n) is 23.1. The second-order valence-electron chi connectivity index (χ2n) is 10.8. The molecular formula is C30H31FN6O3S. The molecule has 0 aliphatic carbocycles. The number of rotatable bonds is 7. The van der Waals surface area contributed by atoms with Crippen LogP contribution in [-0.2, 0) is 9.59 Å². The van der Waals surface area contributed by atoms with Crippen molar-refractivity contribution < 1.29 is 18.7 Å². The summed E-state index contributed by atoms with van der Waals surface area (Å²) in [5, 5.41) is 8.85. The normalized spacial score (nSPS) is 14.1. The first-order chi connectivity index (χ1) is 19.6. The second kappa shape index (κ2) is 11.6. The zero-order chi connectivity index (χ0) is 29.1. The van der Waals surface area contributed by atoms with Gasteiger partial charge in [-0.3, -0.25) is 9.59 Å². The van der Waals surface area contributed by atoms with Crippen molar-refractivity contribution in [3.63, 3.8) is 0 Å². The number of fused-ring (bicyclic) bond motifs is 1. The molecule has 0 saturated carbocycles. The van der Waals surface area contributed by atoms with Crippen LogP contribution in [-0.4, -0.2) is 44.8 Å². The number of amides is 2. The van der Waals surface area contributed by atoms with Crippen LogP contribution in [0.3, 0.4) is 0 Å². The average Bonchev–Trinajstić information content (AvgIpc) is 3.39. The van der Waals surface area contributed by atoms with Crippen molar-refractivity contribution in [2.75, 3.05) is 23.7 Å². The van der Waals surface area contributed by atoms with Gasteiger partial charge in [0.1, 0.15) is 40.1 Å². The molecule has 1 aliphatic rings. The highest BCUT2D eigenvalue weighted by Gasteiger charge is 2.26. The van der Waals surface area contributed by atoms with Crippen molar-refractivity contribution in [1.29, 1.82) is 0 Å². The van der Waals surface area contributed by atoms with Gasteiger partial charge in [-0.25, -0.2) is 19.3 Å². The lowest BCUT2D eigenvalue weighted by Crippen LogP contribution is -2.36. The minimum atomic E-state index is -0.576. The first-order valence-electron chi connectivity index (χ1n) is 13.3. The number of hydrogen-bond donors (Lipinski definition) is 2. The Morgan fingerprint density at radius 3 is 2.59 bits per heavy atom. The van der Waals surface area contributed by atoms with E-state index in [0.717, 1.165) is 28.6 Å². The van der Waals surface area contributed by atoms with Crippen LogP contribution in [0.15, 0.2) is 60.9 Å². The van der Waals surface area contributed by atoms with Crippen LogP contribution in [0.2, 0.25) is 0 Å². The topological polar surface area (TPSA) is 109 Å². The van der Waals surface area contributed by atoms with E-state index in [9.17, 15) is 9.59 Å². The smallest absolute Gasteiger partial charge is 0.245 e. The first kappa shape index (κ1) is 28.2. The maximum Gasteiger partial charge on any atom is 0.245 e. The Hall–Kier alpha value is -4.38. The average molecular weight is 575 g/mol. The van der Waals surface area contributed by atoms with E-state index in [-0.39, 0.29) is 29.2 Å². The summed E-state index contributed by atoms with van der Waals surface area (Å²) in [4.78, 5) is 39.9. The van der Waals surface area contributed by atoms with Crippen LogP contribution in [0.5, 0.6) is 11.5 Å². The Labute approximate surface area is 241 Å². The van der Waals surface area contributed by atoms with Gasteiger partial charge in [0.25, 0.3) is 0 Å². The van der Waals surface area contributed by atoms with Crippen molar-refractivity contribution >= 4 is 50.7 Å². The third-order valence-corrected chi connectivity index (χ3v) is 7.81. The summed E-state index contributed by atoms with van der Waals surface area (Å²) in [5.41, 5.74) is 0.771. The fourth-order valence-electron chi connectivity index (χ4n) is 4.60. The second-order valence-corrected chi connectivity index (χ2v) is 11.7. The fourth-order valence-corrected chi connectivity index (χ4v) is 5.59. The molecule has 1 aliphatic heterocycles. The predicted octanol–water partition coefficient (Wildman–Crippen LogP) is 6.64. The van der Waals surface area contributed by atoms with Gasteiger partial charge in [0, 0.05) is 36.8 Å². The molecule has 4 aromatic rings. The van der Waals surface area contributed by atoms with Crippen molar-refractivity contribution in [3.8, 4) is 11.5 Å². The summed E-state index contributed by atoms with van der Waals surface area (Å²) in [5.74, 6) is 1.06. The van der Waals surface area contributed by atoms with E-state index in [2.05, 4.69) is 37.5 Å². The molecule has 5 rings (SSSR count). The molecule has 4 heterocycles. The number of benzene rings is 1. The summed E-state index contributed by atoms with van der Waals surface area (Å²) >= 11 is 1.52. The predicted molar refractivity (Wildman–Crippen MR) is 158 cm³/mol. The molecule has 0 atom stereocenters. The Bertz CT molecular complexity index is 1610. The lowest BCUT2D eigenvalue weighted by molar-refractivity contribution is -0.127. The van der Waals surface area contributed by atoms with Crippen LogP contribution in [0.4, 0.5) is 21.7 Å². The minimum absolute atomic E-state index is 0.0520. The van der Waals surface area contributed by atoms with Gasteiger partial charge in [-0.1, -0.05) is 27.4 Å². The van der Waals surface area contributed by atoms with E-state index >= 15 is 4.39 Å². The Morgan fingerprint density at radius 1 is 1.12 bits per heavy atom. The number of nitrogens with zero attached hydrogens (tertiary/aromatic N) is 4. The van der Waals surface area contributed by atoms with E-state index in [0.29, 0.717) is 30.5 Å². The van der Waals surface area contributed by atoms with Gasteiger partial charge in [-0.15, -0.1) is 11.3 Å². The molecule has 0 unspecified atom stereocenters. The summed E-state index contributed by atoms with van der Waals surface area (Å²) < 4.78 is 21.1. The molecule has 3 aromatic heterocycles. The van der Waals surface area contributed by atoms with Crippen LogP contribution in [0, 0.1) is 11.2 Å². The number of likely N-dealkylation sites (tertiary alicyclic amines) is 1. The van der Waals surface area contributed by atoms with E-state index in [4.69, 9.17) is 4.74 Å². The molecule has 11 heteroatoms. The van der Waals surface area contributed by atoms with Crippen LogP contribution >= 0.6 is 11.3 Å². The van der Waals surface area contributed by atoms with E-state index in [1.165, 1.54) is 36.0 Å². The molecule has 41 heavy (non-hydrogen) atoms. The van der Waals surface area contributed by atoms with Gasteiger partial charge in [0.05, 0.1) is 11.1 Å². The van der Waals surface area contributed by atoms with E-state index in [1.54, 1.807) is 29.2 Å². The van der Waals surface area contributed by atoms with Gasteiger partial charge in [-0.05, 0) is 54.0 Å². The third kappa shape index (κ3) is 6.35. The summed E-state index contributed by atoms with van der Waals surface area (Å²) in [6.45, 7) is 10.3. The van der Waals surface area contributed by atoms with E-state index in [1.807, 2.05) is 20.8 Å². The number of carbonyl (C=O) groups is 2. The molecule has 1 aromatic carbocycles. The van der Waals surface area contributed by atoms with Crippen molar-refractivity contribution in [1.82, 2.24) is 19.9 Å². The summed E-state index contributed by atoms with van der Waals surface area (Å²) in [7, 11) is 0. The molecule has 2 N–H and O–H groups in total. The van der Waals surface area contributed by atoms with Crippen molar-refractivity contribution in [2.45, 2.75) is 39.5 Å². The fraction of sp³-hybridized carbons (Fsp3) is 0.300. The number of anilines is 3. The highest BCUT2D eigenvalue weighted by Crippen LogP contribution is 2.40. The van der Waals surface area contributed by atoms with Gasteiger partial charge < -0.3 is 20.3 Å². The number of halogens is 1. The Balaban J connectivity index is 1.32. The SMILES string of the molecule is C=CC(=O)N1CCC(c2csc3ncnc(Nc4ccc(Oc5ccnc(NC(=O)C(C)(C)C)c5)cc4F)c23)CC1. The molecule has 212 valence electrons. The van der Waals surface area contributed by atoms with Crippen LogP contribution in [0.25, 0.3) is 10.2 Å². The number of carbonyl (C=O) groups excluding carboxylic acids is 2. The quantitative estimate of drug-likeness (QED) is 0.238. The van der Waals surface area contributed by atoms with Crippen LogP contribution < -0.4 is 15.4 Å². The maximum absolute atomic E-state index is 15.3. The lowest BCUT2D eigenvalue weighted by Gasteiger charge is -2.31. The molecule has 1 saturated heterocycles. The van der Waals surface area contributed by atoms with Gasteiger partial charge in [0.2, 0.25) is 11.8 Å². The van der Waals surface area contributed by atoms with Gasteiger partial charge in [0.15, 0.2) is 0 Å². The minimum Gasteiger partial charge on any atom is -0.457 e. The van der Waals surface area contributed by atoms with Crippen LogP contribution in [0.1, 0.15) is 45.1 Å². The molecule has 2 amide bonds. The maximum atomic E-state index is 15.3. The number of nitrogens with one attached hydrogen (secondary N) is 2. The number of thiophene rings is 1. The van der Waals surface area contributed by atoms with E-state index < -0.39 is 11.2 Å². The molecule has 0 radical (unpaired) electrons. The molecule has 0 bridgehead atoms. The summed E-state index contributed by atoms with van der Waals surface area (Å²) in [6, 6.07) is 7.74. The summed E-state index contributed by atoms with van der Waals surface area (Å²) in [6.07, 6.45) is 5.96. The van der Waals surface area contributed by atoms with Crippen molar-refractivity contribution in [2.24, 2.45) is 5.41 Å². The Kier molecular flexibility index (Phi) is 7.98.